The molecule has 1 aromatic carbocycles. The highest BCUT2D eigenvalue weighted by Crippen LogP contribution is 2.50. The zero-order chi connectivity index (χ0) is 14.6. The van der Waals surface area contributed by atoms with Gasteiger partial charge in [-0.1, -0.05) is 27.7 Å². The van der Waals surface area contributed by atoms with Crippen molar-refractivity contribution in [3.63, 3.8) is 0 Å². The Kier molecular flexibility index (Phi) is 5.60. The molecule has 108 valence electrons. The van der Waals surface area contributed by atoms with Crippen LogP contribution < -0.4 is 9.47 Å². The maximum Gasteiger partial charge on any atom is 0.127 e. The van der Waals surface area contributed by atoms with Crippen molar-refractivity contribution in [1.82, 2.24) is 0 Å². The number of hydrogen-bond donors (Lipinski definition) is 0. The van der Waals surface area contributed by atoms with Gasteiger partial charge in [0, 0.05) is 10.8 Å². The molecule has 0 aliphatic rings. The number of aryl methyl sites for hydroxylation is 1. The molecule has 0 heterocycles. The van der Waals surface area contributed by atoms with Crippen LogP contribution in [0.15, 0.2) is 12.1 Å². The standard InChI is InChI=1S/C16H26O2S/c1-8-19-15(16(3,4)5)14-12(17-6)9-11(2)10-13(14)18-7/h9-10,15H,8H2,1-7H3. The fraction of sp³-hybridized carbons (Fsp3) is 0.625. The van der Waals surface area contributed by atoms with Gasteiger partial charge in [0.15, 0.2) is 0 Å². The maximum atomic E-state index is 5.60. The lowest BCUT2D eigenvalue weighted by atomic mass is 9.86. The van der Waals surface area contributed by atoms with E-state index >= 15 is 0 Å². The van der Waals surface area contributed by atoms with Crippen LogP contribution in [0.25, 0.3) is 0 Å². The fourth-order valence-electron chi connectivity index (χ4n) is 2.26. The average molecular weight is 282 g/mol. The number of methoxy groups -OCH3 is 2. The molecule has 19 heavy (non-hydrogen) atoms. The Morgan fingerprint density at radius 3 is 1.89 bits per heavy atom. The second kappa shape index (κ2) is 6.56. The molecular formula is C16H26O2S. The van der Waals surface area contributed by atoms with Crippen molar-refractivity contribution in [2.75, 3.05) is 20.0 Å². The Bertz CT molecular complexity index is 396. The van der Waals surface area contributed by atoms with Crippen molar-refractivity contribution in [3.05, 3.63) is 23.3 Å². The van der Waals surface area contributed by atoms with Gasteiger partial charge in [-0.25, -0.2) is 0 Å². The van der Waals surface area contributed by atoms with Crippen LogP contribution in [0.5, 0.6) is 11.5 Å². The Morgan fingerprint density at radius 1 is 1.11 bits per heavy atom. The van der Waals surface area contributed by atoms with Crippen molar-refractivity contribution in [2.45, 2.75) is 39.9 Å². The highest BCUT2D eigenvalue weighted by molar-refractivity contribution is 7.99. The summed E-state index contributed by atoms with van der Waals surface area (Å²) in [5, 5.41) is 0.350. The SMILES string of the molecule is CCSC(c1c(OC)cc(C)cc1OC)C(C)(C)C. The van der Waals surface area contributed by atoms with E-state index in [4.69, 9.17) is 9.47 Å². The molecule has 3 heteroatoms. The quantitative estimate of drug-likeness (QED) is 0.769. The average Bonchev–Trinajstić information content (AvgIpc) is 2.34. The van der Waals surface area contributed by atoms with Crippen LogP contribution in [0, 0.1) is 12.3 Å². The van der Waals surface area contributed by atoms with Crippen molar-refractivity contribution in [2.24, 2.45) is 5.41 Å². The van der Waals surface area contributed by atoms with Gasteiger partial charge in [-0.3, -0.25) is 0 Å². The summed E-state index contributed by atoms with van der Waals surface area (Å²) in [6.07, 6.45) is 0. The van der Waals surface area contributed by atoms with Gasteiger partial charge in [0.2, 0.25) is 0 Å². The Hall–Kier alpha value is -0.830. The minimum atomic E-state index is 0.149. The third-order valence-electron chi connectivity index (χ3n) is 3.07. The first-order valence-corrected chi connectivity index (χ1v) is 7.74. The van der Waals surface area contributed by atoms with Gasteiger partial charge >= 0.3 is 0 Å². The van der Waals surface area contributed by atoms with E-state index in [2.05, 4.69) is 46.8 Å². The monoisotopic (exact) mass is 282 g/mol. The number of hydrogen-bond acceptors (Lipinski definition) is 3. The molecule has 0 amide bonds. The first-order valence-electron chi connectivity index (χ1n) is 6.69. The third-order valence-corrected chi connectivity index (χ3v) is 4.68. The zero-order valence-electron chi connectivity index (χ0n) is 13.2. The summed E-state index contributed by atoms with van der Waals surface area (Å²) in [5.74, 6) is 2.93. The first-order chi connectivity index (χ1) is 8.85. The van der Waals surface area contributed by atoms with E-state index in [1.165, 1.54) is 5.56 Å². The summed E-state index contributed by atoms with van der Waals surface area (Å²) in [7, 11) is 3.46. The maximum absolute atomic E-state index is 5.60. The highest BCUT2D eigenvalue weighted by atomic mass is 32.2. The van der Waals surface area contributed by atoms with E-state index < -0.39 is 0 Å². The van der Waals surface area contributed by atoms with Crippen LogP contribution in [0.2, 0.25) is 0 Å². The first kappa shape index (κ1) is 16.2. The van der Waals surface area contributed by atoms with Gasteiger partial charge in [0.05, 0.1) is 14.2 Å². The summed E-state index contributed by atoms with van der Waals surface area (Å²) < 4.78 is 11.2. The van der Waals surface area contributed by atoms with Crippen molar-refractivity contribution in [1.29, 1.82) is 0 Å². The van der Waals surface area contributed by atoms with E-state index in [1.807, 2.05) is 11.8 Å². The number of ether oxygens (including phenoxy) is 2. The van der Waals surface area contributed by atoms with E-state index in [9.17, 15) is 0 Å². The minimum Gasteiger partial charge on any atom is -0.496 e. The van der Waals surface area contributed by atoms with Crippen LogP contribution >= 0.6 is 11.8 Å². The lowest BCUT2D eigenvalue weighted by Gasteiger charge is -2.32. The van der Waals surface area contributed by atoms with Crippen molar-refractivity contribution in [3.8, 4) is 11.5 Å². The van der Waals surface area contributed by atoms with Gasteiger partial charge in [0.1, 0.15) is 11.5 Å². The number of thioether (sulfide) groups is 1. The zero-order valence-corrected chi connectivity index (χ0v) is 14.0. The number of benzene rings is 1. The summed E-state index contributed by atoms with van der Waals surface area (Å²) in [6, 6.07) is 4.18. The van der Waals surface area contributed by atoms with E-state index in [1.54, 1.807) is 14.2 Å². The van der Waals surface area contributed by atoms with Gasteiger partial charge in [0.25, 0.3) is 0 Å². The summed E-state index contributed by atoms with van der Waals surface area (Å²) >= 11 is 1.94. The molecule has 1 unspecified atom stereocenters. The molecule has 0 radical (unpaired) electrons. The summed E-state index contributed by atoms with van der Waals surface area (Å²) in [5.41, 5.74) is 2.48. The van der Waals surface area contributed by atoms with Crippen LogP contribution in [0.4, 0.5) is 0 Å². The molecular weight excluding hydrogens is 256 g/mol. The molecule has 0 saturated carbocycles. The molecule has 0 N–H and O–H groups in total. The second-order valence-corrected chi connectivity index (χ2v) is 7.17. The topological polar surface area (TPSA) is 18.5 Å². The predicted octanol–water partition coefficient (Wildman–Crippen LogP) is 4.85. The van der Waals surface area contributed by atoms with Gasteiger partial charge in [-0.15, -0.1) is 0 Å². The molecule has 0 fully saturated rings. The third kappa shape index (κ3) is 3.82. The van der Waals surface area contributed by atoms with Crippen molar-refractivity contribution < 1.29 is 9.47 Å². The summed E-state index contributed by atoms with van der Waals surface area (Å²) in [6.45, 7) is 11.0. The molecule has 0 aromatic heterocycles. The predicted molar refractivity (Wildman–Crippen MR) is 84.6 cm³/mol. The molecule has 1 atom stereocenters. The molecule has 0 saturated heterocycles. The van der Waals surface area contributed by atoms with E-state index in [0.29, 0.717) is 5.25 Å². The van der Waals surface area contributed by atoms with Crippen molar-refractivity contribution >= 4 is 11.8 Å². The van der Waals surface area contributed by atoms with Crippen LogP contribution in [0.3, 0.4) is 0 Å². The van der Waals surface area contributed by atoms with Gasteiger partial charge in [-0.2, -0.15) is 11.8 Å². The Morgan fingerprint density at radius 2 is 1.58 bits per heavy atom. The molecule has 0 bridgehead atoms. The lowest BCUT2D eigenvalue weighted by Crippen LogP contribution is -2.17. The lowest BCUT2D eigenvalue weighted by molar-refractivity contribution is 0.350. The smallest absolute Gasteiger partial charge is 0.127 e. The summed E-state index contributed by atoms with van der Waals surface area (Å²) in [4.78, 5) is 0. The molecule has 0 aliphatic heterocycles. The molecule has 0 spiro atoms. The van der Waals surface area contributed by atoms with E-state index in [0.717, 1.165) is 22.8 Å². The van der Waals surface area contributed by atoms with Crippen LogP contribution in [0.1, 0.15) is 44.1 Å². The molecule has 1 rings (SSSR count). The van der Waals surface area contributed by atoms with Gasteiger partial charge < -0.3 is 9.47 Å². The number of rotatable bonds is 5. The minimum absolute atomic E-state index is 0.149. The Balaban J connectivity index is 3.43. The fourth-order valence-corrected chi connectivity index (χ4v) is 3.49. The Labute approximate surface area is 121 Å². The second-order valence-electron chi connectivity index (χ2n) is 5.78. The van der Waals surface area contributed by atoms with Crippen LogP contribution in [-0.4, -0.2) is 20.0 Å². The molecule has 2 nitrogen and oxygen atoms in total. The largest absolute Gasteiger partial charge is 0.496 e. The molecule has 0 aliphatic carbocycles. The highest BCUT2D eigenvalue weighted by Gasteiger charge is 2.31. The molecule has 1 aromatic rings. The van der Waals surface area contributed by atoms with Gasteiger partial charge in [-0.05, 0) is 35.8 Å². The van der Waals surface area contributed by atoms with E-state index in [-0.39, 0.29) is 5.41 Å². The van der Waals surface area contributed by atoms with Crippen LogP contribution in [-0.2, 0) is 0 Å². The normalized spacial score (nSPS) is 13.2.